The van der Waals surface area contributed by atoms with Gasteiger partial charge < -0.3 is 10.2 Å². The van der Waals surface area contributed by atoms with Crippen LogP contribution in [0.3, 0.4) is 0 Å². The van der Waals surface area contributed by atoms with Crippen LogP contribution in [0.15, 0.2) is 30.3 Å². The molecule has 0 atom stereocenters. The maximum atomic E-state index is 6.06. The molecule has 1 aromatic carbocycles. The molecule has 3 heteroatoms. The minimum Gasteiger partial charge on any atom is -0.413 e. The van der Waals surface area contributed by atoms with Gasteiger partial charge in [-0.1, -0.05) is 36.8 Å². The molecule has 2 N–H and O–H groups in total. The van der Waals surface area contributed by atoms with Gasteiger partial charge in [0.1, 0.15) is 0 Å². The summed E-state index contributed by atoms with van der Waals surface area (Å²) in [5, 5.41) is 0. The molecule has 0 aliphatic heterocycles. The molecular formula is C13H23NOSi. The summed E-state index contributed by atoms with van der Waals surface area (Å²) < 4.78 is 6.06. The highest BCUT2D eigenvalue weighted by Gasteiger charge is 2.21. The first kappa shape index (κ1) is 13.4. The van der Waals surface area contributed by atoms with Crippen LogP contribution in [0.5, 0.6) is 0 Å². The van der Waals surface area contributed by atoms with Crippen LogP contribution >= 0.6 is 0 Å². The summed E-state index contributed by atoms with van der Waals surface area (Å²) in [6.07, 6.45) is 2.32. The second-order valence-corrected chi connectivity index (χ2v) is 9.09. The van der Waals surface area contributed by atoms with Crippen molar-refractivity contribution in [1.29, 1.82) is 0 Å². The average molecular weight is 237 g/mol. The first-order valence-electron chi connectivity index (χ1n) is 6.02. The van der Waals surface area contributed by atoms with Crippen LogP contribution in [0.4, 0.5) is 0 Å². The zero-order chi connectivity index (χ0) is 11.9. The Hall–Kier alpha value is -0.643. The van der Waals surface area contributed by atoms with Gasteiger partial charge in [0.25, 0.3) is 0 Å². The Labute approximate surface area is 99.9 Å². The molecule has 0 saturated heterocycles. The van der Waals surface area contributed by atoms with E-state index in [0.717, 1.165) is 19.6 Å². The number of benzene rings is 1. The monoisotopic (exact) mass is 237 g/mol. The molecule has 90 valence electrons. The maximum absolute atomic E-state index is 6.06. The minimum absolute atomic E-state index is 0.753. The highest BCUT2D eigenvalue weighted by molar-refractivity contribution is 6.71. The minimum atomic E-state index is -1.48. The molecule has 0 aromatic heterocycles. The van der Waals surface area contributed by atoms with Crippen molar-refractivity contribution in [3.63, 3.8) is 0 Å². The number of hydrogen-bond donors (Lipinski definition) is 1. The Morgan fingerprint density at radius 2 is 1.81 bits per heavy atom. The van der Waals surface area contributed by atoms with Crippen molar-refractivity contribution in [2.75, 3.05) is 6.54 Å². The zero-order valence-corrected chi connectivity index (χ0v) is 11.4. The van der Waals surface area contributed by atoms with Crippen LogP contribution in [-0.4, -0.2) is 14.9 Å². The molecule has 0 saturated carbocycles. The van der Waals surface area contributed by atoms with Gasteiger partial charge >= 0.3 is 0 Å². The summed E-state index contributed by atoms with van der Waals surface area (Å²) in [5.74, 6) is 0. The molecule has 0 aliphatic carbocycles. The third-order valence-corrected chi connectivity index (χ3v) is 5.19. The third kappa shape index (κ3) is 5.44. The van der Waals surface area contributed by atoms with Gasteiger partial charge in [0, 0.05) is 0 Å². The first-order valence-corrected chi connectivity index (χ1v) is 9.13. The van der Waals surface area contributed by atoms with Crippen LogP contribution in [0, 0.1) is 0 Å². The van der Waals surface area contributed by atoms with E-state index in [-0.39, 0.29) is 0 Å². The fourth-order valence-electron chi connectivity index (χ4n) is 1.62. The molecule has 0 fully saturated rings. The Bertz CT molecular complexity index is 287. The summed E-state index contributed by atoms with van der Waals surface area (Å²) in [6, 6.07) is 11.6. The number of hydrogen-bond acceptors (Lipinski definition) is 2. The molecule has 0 radical (unpaired) electrons. The van der Waals surface area contributed by atoms with Gasteiger partial charge in [0.05, 0.1) is 6.61 Å². The lowest BCUT2D eigenvalue weighted by atomic mass is 10.2. The molecule has 0 bridgehead atoms. The lowest BCUT2D eigenvalue weighted by molar-refractivity contribution is 0.293. The zero-order valence-electron chi connectivity index (χ0n) is 10.4. The van der Waals surface area contributed by atoms with Gasteiger partial charge in [-0.05, 0) is 37.7 Å². The smallest absolute Gasteiger partial charge is 0.187 e. The van der Waals surface area contributed by atoms with Crippen molar-refractivity contribution >= 4 is 8.32 Å². The summed E-state index contributed by atoms with van der Waals surface area (Å²) in [7, 11) is -1.48. The number of rotatable bonds is 7. The van der Waals surface area contributed by atoms with Crippen LogP contribution in [0.25, 0.3) is 0 Å². The normalized spacial score (nSPS) is 11.7. The van der Waals surface area contributed by atoms with Crippen molar-refractivity contribution < 1.29 is 4.43 Å². The lowest BCUT2D eigenvalue weighted by Crippen LogP contribution is -2.30. The van der Waals surface area contributed by atoms with E-state index >= 15 is 0 Å². The van der Waals surface area contributed by atoms with Gasteiger partial charge in [-0.3, -0.25) is 0 Å². The van der Waals surface area contributed by atoms with E-state index in [2.05, 4.69) is 37.4 Å². The van der Waals surface area contributed by atoms with Crippen molar-refractivity contribution in [1.82, 2.24) is 0 Å². The largest absolute Gasteiger partial charge is 0.413 e. The average Bonchev–Trinajstić information content (AvgIpc) is 2.28. The van der Waals surface area contributed by atoms with Crippen molar-refractivity contribution in [3.05, 3.63) is 35.9 Å². The molecule has 0 spiro atoms. The maximum Gasteiger partial charge on any atom is 0.187 e. The van der Waals surface area contributed by atoms with E-state index in [1.165, 1.54) is 18.0 Å². The summed E-state index contributed by atoms with van der Waals surface area (Å²) in [6.45, 7) is 6.12. The summed E-state index contributed by atoms with van der Waals surface area (Å²) >= 11 is 0. The fraction of sp³-hybridized carbons (Fsp3) is 0.538. The van der Waals surface area contributed by atoms with E-state index in [4.69, 9.17) is 10.2 Å². The Morgan fingerprint density at radius 3 is 2.44 bits per heavy atom. The van der Waals surface area contributed by atoms with Gasteiger partial charge in [-0.25, -0.2) is 0 Å². The van der Waals surface area contributed by atoms with Gasteiger partial charge in [0.2, 0.25) is 0 Å². The quantitative estimate of drug-likeness (QED) is 0.584. The van der Waals surface area contributed by atoms with Gasteiger partial charge in [-0.15, -0.1) is 0 Å². The molecule has 1 aromatic rings. The Balaban J connectivity index is 2.30. The molecular weight excluding hydrogens is 214 g/mol. The van der Waals surface area contributed by atoms with Crippen molar-refractivity contribution in [3.8, 4) is 0 Å². The topological polar surface area (TPSA) is 35.2 Å². The van der Waals surface area contributed by atoms with Gasteiger partial charge in [-0.2, -0.15) is 0 Å². The molecule has 0 aliphatic rings. The second kappa shape index (κ2) is 6.84. The Kier molecular flexibility index (Phi) is 5.73. The fourth-order valence-corrected chi connectivity index (χ4v) is 3.42. The Morgan fingerprint density at radius 1 is 1.12 bits per heavy atom. The van der Waals surface area contributed by atoms with E-state index in [9.17, 15) is 0 Å². The third-order valence-electron chi connectivity index (χ3n) is 2.71. The predicted molar refractivity (Wildman–Crippen MR) is 71.8 cm³/mol. The molecule has 0 heterocycles. The van der Waals surface area contributed by atoms with Crippen molar-refractivity contribution in [2.24, 2.45) is 5.73 Å². The predicted octanol–water partition coefficient (Wildman–Crippen LogP) is 3.15. The molecule has 0 amide bonds. The first-order chi connectivity index (χ1) is 7.64. The summed E-state index contributed by atoms with van der Waals surface area (Å²) in [4.78, 5) is 0. The summed E-state index contributed by atoms with van der Waals surface area (Å²) in [5.41, 5.74) is 6.76. The number of unbranched alkanes of at least 4 members (excludes halogenated alkanes) is 1. The van der Waals surface area contributed by atoms with Crippen LogP contribution < -0.4 is 5.73 Å². The van der Waals surface area contributed by atoms with Gasteiger partial charge in [0.15, 0.2) is 8.32 Å². The van der Waals surface area contributed by atoms with E-state index in [1.807, 2.05) is 6.07 Å². The highest BCUT2D eigenvalue weighted by Crippen LogP contribution is 2.17. The van der Waals surface area contributed by atoms with Crippen LogP contribution in [-0.2, 0) is 11.0 Å². The SMILES string of the molecule is C[Si](C)(CCCCN)OCc1ccccc1. The van der Waals surface area contributed by atoms with E-state index in [0.29, 0.717) is 0 Å². The second-order valence-electron chi connectivity index (χ2n) is 4.78. The molecule has 16 heavy (non-hydrogen) atoms. The molecule has 1 rings (SSSR count). The number of nitrogens with two attached hydrogens (primary N) is 1. The standard InChI is InChI=1S/C13H23NOSi/c1-16(2,11-7-6-10-14)15-12-13-8-4-3-5-9-13/h3-5,8-9H,6-7,10-12,14H2,1-2H3. The van der Waals surface area contributed by atoms with E-state index < -0.39 is 8.32 Å². The molecule has 2 nitrogen and oxygen atoms in total. The molecule has 0 unspecified atom stereocenters. The lowest BCUT2D eigenvalue weighted by Gasteiger charge is -2.22. The highest BCUT2D eigenvalue weighted by atomic mass is 28.4. The van der Waals surface area contributed by atoms with Crippen LogP contribution in [0.1, 0.15) is 18.4 Å². The van der Waals surface area contributed by atoms with Crippen LogP contribution in [0.2, 0.25) is 19.1 Å². The van der Waals surface area contributed by atoms with E-state index in [1.54, 1.807) is 0 Å². The van der Waals surface area contributed by atoms with Crippen molar-refractivity contribution in [2.45, 2.75) is 38.6 Å².